The van der Waals surface area contributed by atoms with E-state index in [4.69, 9.17) is 4.74 Å². The van der Waals surface area contributed by atoms with Crippen molar-refractivity contribution in [1.82, 2.24) is 4.90 Å². The average molecular weight is 227 g/mol. The average Bonchev–Trinajstić information content (AvgIpc) is 2.57. The third kappa shape index (κ3) is 3.22. The van der Waals surface area contributed by atoms with Gasteiger partial charge in [-0.2, -0.15) is 0 Å². The van der Waals surface area contributed by atoms with Crippen molar-refractivity contribution in [2.24, 2.45) is 11.8 Å². The Morgan fingerprint density at radius 2 is 2.06 bits per heavy atom. The second-order valence-electron chi connectivity index (χ2n) is 5.35. The van der Waals surface area contributed by atoms with Crippen LogP contribution in [0.25, 0.3) is 0 Å². The molecule has 0 aromatic rings. The summed E-state index contributed by atoms with van der Waals surface area (Å²) in [7, 11) is 0. The fourth-order valence-corrected chi connectivity index (χ4v) is 1.96. The molecule has 1 aliphatic heterocycles. The van der Waals surface area contributed by atoms with Gasteiger partial charge in [-0.25, -0.2) is 4.79 Å². The van der Waals surface area contributed by atoms with Crippen LogP contribution in [0.1, 0.15) is 34.1 Å². The van der Waals surface area contributed by atoms with Crippen molar-refractivity contribution in [3.63, 3.8) is 0 Å². The monoisotopic (exact) mass is 227 g/mol. The van der Waals surface area contributed by atoms with E-state index in [0.29, 0.717) is 13.1 Å². The normalized spacial score (nSPS) is 25.6. The SMILES string of the molecule is CC[C@@H]1CN(C(=O)OC(C)(C)C)C[C@H]1C=O. The summed E-state index contributed by atoms with van der Waals surface area (Å²) in [5.41, 5.74) is -0.474. The Kier molecular flexibility index (Phi) is 3.94. The summed E-state index contributed by atoms with van der Waals surface area (Å²) in [4.78, 5) is 24.3. The predicted molar refractivity (Wildman–Crippen MR) is 61.1 cm³/mol. The summed E-state index contributed by atoms with van der Waals surface area (Å²) in [5, 5.41) is 0. The van der Waals surface area contributed by atoms with Crippen LogP contribution >= 0.6 is 0 Å². The second-order valence-corrected chi connectivity index (χ2v) is 5.35. The van der Waals surface area contributed by atoms with Gasteiger partial charge in [0.1, 0.15) is 11.9 Å². The molecule has 0 N–H and O–H groups in total. The molecule has 0 aromatic carbocycles. The molecule has 1 fully saturated rings. The van der Waals surface area contributed by atoms with E-state index in [1.165, 1.54) is 0 Å². The van der Waals surface area contributed by atoms with Crippen molar-refractivity contribution in [2.45, 2.75) is 39.7 Å². The summed E-state index contributed by atoms with van der Waals surface area (Å²) in [6.45, 7) is 8.70. The Morgan fingerprint density at radius 3 is 2.44 bits per heavy atom. The second kappa shape index (κ2) is 4.85. The lowest BCUT2D eigenvalue weighted by Crippen LogP contribution is -2.35. The van der Waals surface area contributed by atoms with Crippen LogP contribution in [0.3, 0.4) is 0 Å². The molecule has 1 saturated heterocycles. The van der Waals surface area contributed by atoms with Crippen LogP contribution in [-0.2, 0) is 9.53 Å². The molecule has 0 saturated carbocycles. The molecular weight excluding hydrogens is 206 g/mol. The van der Waals surface area contributed by atoms with Gasteiger partial charge >= 0.3 is 6.09 Å². The van der Waals surface area contributed by atoms with E-state index in [1.807, 2.05) is 27.7 Å². The van der Waals surface area contributed by atoms with Crippen LogP contribution in [0.5, 0.6) is 0 Å². The van der Waals surface area contributed by atoms with Crippen LogP contribution < -0.4 is 0 Å². The summed E-state index contributed by atoms with van der Waals surface area (Å²) in [6.07, 6.45) is 1.57. The lowest BCUT2D eigenvalue weighted by Gasteiger charge is -2.24. The molecule has 1 aliphatic rings. The molecule has 0 aliphatic carbocycles. The van der Waals surface area contributed by atoms with Gasteiger partial charge in [-0.15, -0.1) is 0 Å². The highest BCUT2D eigenvalue weighted by molar-refractivity contribution is 5.70. The maximum absolute atomic E-state index is 11.8. The molecule has 0 aromatic heterocycles. The van der Waals surface area contributed by atoms with E-state index in [-0.39, 0.29) is 17.9 Å². The van der Waals surface area contributed by atoms with Gasteiger partial charge in [0, 0.05) is 19.0 Å². The number of carbonyl (C=O) groups is 2. The predicted octanol–water partition coefficient (Wildman–Crippen LogP) is 2.08. The number of nitrogens with zero attached hydrogens (tertiary/aromatic N) is 1. The van der Waals surface area contributed by atoms with Crippen LogP contribution in [-0.4, -0.2) is 36.0 Å². The zero-order valence-corrected chi connectivity index (χ0v) is 10.5. The molecule has 0 bridgehead atoms. The Morgan fingerprint density at radius 1 is 1.44 bits per heavy atom. The van der Waals surface area contributed by atoms with E-state index in [1.54, 1.807) is 4.90 Å². The molecular formula is C12H21NO3. The standard InChI is InChI=1S/C12H21NO3/c1-5-9-6-13(7-10(9)8-14)11(15)16-12(2,3)4/h8-10H,5-7H2,1-4H3/t9-,10+/m1/s1. The Bertz CT molecular complexity index is 270. The van der Waals surface area contributed by atoms with E-state index in [9.17, 15) is 9.59 Å². The summed E-state index contributed by atoms with van der Waals surface area (Å²) in [6, 6.07) is 0. The Labute approximate surface area is 96.9 Å². The molecule has 0 unspecified atom stereocenters. The summed E-state index contributed by atoms with van der Waals surface area (Å²) in [5.74, 6) is 0.252. The number of aldehydes is 1. The first kappa shape index (κ1) is 13.0. The molecule has 0 spiro atoms. The van der Waals surface area contributed by atoms with E-state index < -0.39 is 5.60 Å². The quantitative estimate of drug-likeness (QED) is 0.678. The van der Waals surface area contributed by atoms with Gasteiger partial charge in [-0.05, 0) is 26.7 Å². The summed E-state index contributed by atoms with van der Waals surface area (Å²) >= 11 is 0. The van der Waals surface area contributed by atoms with E-state index in [0.717, 1.165) is 12.7 Å². The maximum atomic E-state index is 11.8. The Hall–Kier alpha value is -1.06. The molecule has 4 heteroatoms. The highest BCUT2D eigenvalue weighted by Gasteiger charge is 2.35. The maximum Gasteiger partial charge on any atom is 0.410 e. The van der Waals surface area contributed by atoms with Gasteiger partial charge in [-0.1, -0.05) is 13.3 Å². The van der Waals surface area contributed by atoms with Gasteiger partial charge in [0.2, 0.25) is 0 Å². The molecule has 1 heterocycles. The largest absolute Gasteiger partial charge is 0.444 e. The van der Waals surface area contributed by atoms with Crippen LogP contribution in [0, 0.1) is 11.8 Å². The molecule has 16 heavy (non-hydrogen) atoms. The zero-order valence-electron chi connectivity index (χ0n) is 10.5. The minimum Gasteiger partial charge on any atom is -0.444 e. The number of likely N-dealkylation sites (tertiary alicyclic amines) is 1. The van der Waals surface area contributed by atoms with Gasteiger partial charge in [0.15, 0.2) is 0 Å². The van der Waals surface area contributed by atoms with Crippen LogP contribution in [0.4, 0.5) is 4.79 Å². The topological polar surface area (TPSA) is 46.6 Å². The first-order chi connectivity index (χ1) is 7.37. The number of hydrogen-bond acceptors (Lipinski definition) is 3. The number of rotatable bonds is 2. The molecule has 4 nitrogen and oxygen atoms in total. The van der Waals surface area contributed by atoms with Crippen LogP contribution in [0.15, 0.2) is 0 Å². The third-order valence-electron chi connectivity index (χ3n) is 2.84. The number of hydrogen-bond donors (Lipinski definition) is 0. The molecule has 2 atom stereocenters. The first-order valence-corrected chi connectivity index (χ1v) is 5.80. The molecule has 0 radical (unpaired) electrons. The van der Waals surface area contributed by atoms with Crippen LogP contribution in [0.2, 0.25) is 0 Å². The minimum absolute atomic E-state index is 0.0301. The fourth-order valence-electron chi connectivity index (χ4n) is 1.96. The number of amides is 1. The number of carbonyl (C=O) groups excluding carboxylic acids is 2. The van der Waals surface area contributed by atoms with Gasteiger partial charge < -0.3 is 14.4 Å². The van der Waals surface area contributed by atoms with Gasteiger partial charge in [0.25, 0.3) is 0 Å². The van der Waals surface area contributed by atoms with Crippen molar-refractivity contribution >= 4 is 12.4 Å². The highest BCUT2D eigenvalue weighted by atomic mass is 16.6. The first-order valence-electron chi connectivity index (χ1n) is 5.80. The van der Waals surface area contributed by atoms with E-state index in [2.05, 4.69) is 0 Å². The highest BCUT2D eigenvalue weighted by Crippen LogP contribution is 2.25. The lowest BCUT2D eigenvalue weighted by atomic mass is 9.95. The lowest BCUT2D eigenvalue weighted by molar-refractivity contribution is -0.111. The Balaban J connectivity index is 2.57. The molecule has 92 valence electrons. The number of ether oxygens (including phenoxy) is 1. The van der Waals surface area contributed by atoms with E-state index >= 15 is 0 Å². The van der Waals surface area contributed by atoms with Crippen molar-refractivity contribution < 1.29 is 14.3 Å². The molecule has 1 rings (SSSR count). The molecule has 1 amide bonds. The van der Waals surface area contributed by atoms with Gasteiger partial charge in [-0.3, -0.25) is 0 Å². The minimum atomic E-state index is -0.474. The van der Waals surface area contributed by atoms with Gasteiger partial charge in [0.05, 0.1) is 0 Å². The third-order valence-corrected chi connectivity index (χ3v) is 2.84. The van der Waals surface area contributed by atoms with Crippen molar-refractivity contribution in [1.29, 1.82) is 0 Å². The zero-order chi connectivity index (χ0) is 12.3. The van der Waals surface area contributed by atoms with Crippen molar-refractivity contribution in [2.75, 3.05) is 13.1 Å². The fraction of sp³-hybridized carbons (Fsp3) is 0.833. The van der Waals surface area contributed by atoms with Crippen molar-refractivity contribution in [3.8, 4) is 0 Å². The smallest absolute Gasteiger partial charge is 0.410 e. The van der Waals surface area contributed by atoms with Crippen molar-refractivity contribution in [3.05, 3.63) is 0 Å². The summed E-state index contributed by atoms with van der Waals surface area (Å²) < 4.78 is 5.28.